The third-order valence-electron chi connectivity index (χ3n) is 9.86. The number of rotatable bonds is 11. The van der Waals surface area contributed by atoms with Gasteiger partial charge in [0.2, 0.25) is 5.69 Å². The normalized spacial score (nSPS) is 21.0. The summed E-state index contributed by atoms with van der Waals surface area (Å²) in [5, 5.41) is 0. The number of ether oxygens (including phenoxy) is 1. The summed E-state index contributed by atoms with van der Waals surface area (Å²) in [6.07, 6.45) is 15.0. The second-order valence-corrected chi connectivity index (χ2v) is 15.1. The summed E-state index contributed by atoms with van der Waals surface area (Å²) in [5.74, 6) is 1.09. The number of anilines is 1. The highest BCUT2D eigenvalue weighted by molar-refractivity contribution is 6.03. The standard InChI is InChI=1S/C41H57N3O/c1-10-27-42-35-21-14-12-19-33(35)40(3,4)37(42)25-23-31-17-16-18-32(39(31)45-30-29-44(7,8)9)24-26-38-41(5,6)34-20-13-15-22-36(34)43(38)28-11-2/h12-15,19-26H,10-11,16-18,27-30H2,1-9H3/q+2. The molecule has 2 heterocycles. The van der Waals surface area contributed by atoms with Crippen LogP contribution >= 0.6 is 0 Å². The molecular formula is C41H57N3O+2. The van der Waals surface area contributed by atoms with Gasteiger partial charge in [0.1, 0.15) is 25.5 Å². The first-order valence-corrected chi connectivity index (χ1v) is 17.3. The molecule has 2 aromatic carbocycles. The van der Waals surface area contributed by atoms with E-state index in [4.69, 9.17) is 4.74 Å². The summed E-state index contributed by atoms with van der Waals surface area (Å²) in [6.45, 7) is 17.8. The highest BCUT2D eigenvalue weighted by Gasteiger charge is 2.44. The number of benzene rings is 2. The molecule has 0 unspecified atom stereocenters. The van der Waals surface area contributed by atoms with Gasteiger partial charge in [-0.25, -0.2) is 0 Å². The Morgan fingerprint density at radius 2 is 1.56 bits per heavy atom. The number of hydrogen-bond donors (Lipinski definition) is 0. The van der Waals surface area contributed by atoms with E-state index in [-0.39, 0.29) is 10.8 Å². The Labute approximate surface area is 273 Å². The van der Waals surface area contributed by atoms with Crippen LogP contribution in [0.4, 0.5) is 11.4 Å². The van der Waals surface area contributed by atoms with E-state index in [1.807, 2.05) is 0 Å². The minimum absolute atomic E-state index is 0.0445. The molecule has 4 heteroatoms. The van der Waals surface area contributed by atoms with Crippen molar-refractivity contribution in [1.82, 2.24) is 0 Å². The quantitative estimate of drug-likeness (QED) is 0.187. The van der Waals surface area contributed by atoms with Crippen LogP contribution in [0.2, 0.25) is 0 Å². The van der Waals surface area contributed by atoms with Crippen LogP contribution in [0.3, 0.4) is 0 Å². The van der Waals surface area contributed by atoms with Gasteiger partial charge < -0.3 is 14.1 Å². The molecule has 45 heavy (non-hydrogen) atoms. The van der Waals surface area contributed by atoms with Crippen molar-refractivity contribution in [2.24, 2.45) is 0 Å². The molecule has 0 atom stereocenters. The smallest absolute Gasteiger partial charge is 0.209 e. The van der Waals surface area contributed by atoms with Gasteiger partial charge in [-0.15, -0.1) is 0 Å². The summed E-state index contributed by atoms with van der Waals surface area (Å²) >= 11 is 0. The molecule has 0 aromatic heterocycles. The number of likely N-dealkylation sites (N-methyl/N-ethyl adjacent to an activating group) is 1. The predicted molar refractivity (Wildman–Crippen MR) is 192 cm³/mol. The van der Waals surface area contributed by atoms with Crippen LogP contribution in [-0.4, -0.2) is 62.2 Å². The zero-order valence-corrected chi connectivity index (χ0v) is 29.5. The number of fused-ring (bicyclic) bond motifs is 2. The zero-order chi connectivity index (χ0) is 32.4. The lowest BCUT2D eigenvalue weighted by Crippen LogP contribution is -2.37. The fourth-order valence-electron chi connectivity index (χ4n) is 7.40. The van der Waals surface area contributed by atoms with Crippen molar-refractivity contribution in [3.05, 3.63) is 107 Å². The Balaban J connectivity index is 1.56. The van der Waals surface area contributed by atoms with Gasteiger partial charge in [-0.05, 0) is 74.5 Å². The molecule has 0 N–H and O–H groups in total. The number of hydrogen-bond acceptors (Lipinski definition) is 2. The first-order valence-electron chi connectivity index (χ1n) is 17.3. The summed E-state index contributed by atoms with van der Waals surface area (Å²) in [6, 6.07) is 17.9. The Morgan fingerprint density at radius 3 is 2.27 bits per heavy atom. The van der Waals surface area contributed by atoms with E-state index < -0.39 is 0 Å². The van der Waals surface area contributed by atoms with Crippen LogP contribution in [-0.2, 0) is 15.6 Å². The molecule has 0 amide bonds. The maximum Gasteiger partial charge on any atom is 0.209 e. The molecule has 5 rings (SSSR count). The van der Waals surface area contributed by atoms with E-state index in [2.05, 4.69) is 145 Å². The van der Waals surface area contributed by atoms with Crippen molar-refractivity contribution in [3.63, 3.8) is 0 Å². The Bertz CT molecular complexity index is 1560. The number of nitrogens with zero attached hydrogens (tertiary/aromatic N) is 3. The van der Waals surface area contributed by atoms with E-state index in [0.29, 0.717) is 6.61 Å². The lowest BCUT2D eigenvalue weighted by Gasteiger charge is -2.28. The minimum Gasteiger partial charge on any atom is -0.487 e. The maximum absolute atomic E-state index is 6.77. The molecule has 3 aliphatic rings. The molecule has 0 saturated carbocycles. The Kier molecular flexibility index (Phi) is 9.65. The summed E-state index contributed by atoms with van der Waals surface area (Å²) < 4.78 is 10.2. The predicted octanol–water partition coefficient (Wildman–Crippen LogP) is 9.21. The van der Waals surface area contributed by atoms with Gasteiger partial charge in [-0.3, -0.25) is 0 Å². The van der Waals surface area contributed by atoms with Crippen LogP contribution in [0.25, 0.3) is 0 Å². The van der Waals surface area contributed by atoms with Gasteiger partial charge in [-0.1, -0.05) is 70.2 Å². The monoisotopic (exact) mass is 607 g/mol. The lowest BCUT2D eigenvalue weighted by molar-refractivity contribution is -0.870. The van der Waals surface area contributed by atoms with E-state index in [9.17, 15) is 0 Å². The SMILES string of the molecule is CCCN1/C(=C/C=C2\CCCC(/C=C/C3=[N+](CCC)c4ccccc4C3(C)C)=C2OCC[N+](C)(C)C)C(C)(C)c2ccccc21. The molecule has 0 bridgehead atoms. The number of para-hydroxylation sites is 2. The van der Waals surface area contributed by atoms with Crippen LogP contribution in [0.1, 0.15) is 84.8 Å². The Hall–Kier alpha value is -3.37. The average molecular weight is 608 g/mol. The van der Waals surface area contributed by atoms with Gasteiger partial charge in [0.15, 0.2) is 5.71 Å². The zero-order valence-electron chi connectivity index (χ0n) is 29.5. The first-order chi connectivity index (χ1) is 21.4. The van der Waals surface area contributed by atoms with Crippen LogP contribution < -0.4 is 4.90 Å². The minimum atomic E-state index is -0.0445. The van der Waals surface area contributed by atoms with Gasteiger partial charge in [0.05, 0.1) is 26.6 Å². The largest absolute Gasteiger partial charge is 0.487 e. The Morgan fingerprint density at radius 1 is 0.844 bits per heavy atom. The number of quaternary nitrogens is 1. The van der Waals surface area contributed by atoms with Gasteiger partial charge in [0.25, 0.3) is 0 Å². The molecule has 2 aliphatic heterocycles. The van der Waals surface area contributed by atoms with Crippen molar-refractivity contribution in [1.29, 1.82) is 0 Å². The molecule has 2 aromatic rings. The second-order valence-electron chi connectivity index (χ2n) is 15.1. The summed E-state index contributed by atoms with van der Waals surface area (Å²) in [4.78, 5) is 2.54. The second kappa shape index (κ2) is 13.2. The summed E-state index contributed by atoms with van der Waals surface area (Å²) in [7, 11) is 6.71. The third-order valence-corrected chi connectivity index (χ3v) is 9.86. The van der Waals surface area contributed by atoms with Gasteiger partial charge in [-0.2, -0.15) is 4.58 Å². The van der Waals surface area contributed by atoms with E-state index >= 15 is 0 Å². The van der Waals surface area contributed by atoms with Crippen molar-refractivity contribution >= 4 is 17.1 Å². The van der Waals surface area contributed by atoms with E-state index in [1.54, 1.807) is 0 Å². The van der Waals surface area contributed by atoms with E-state index in [0.717, 1.165) is 62.0 Å². The highest BCUT2D eigenvalue weighted by Crippen LogP contribution is 2.48. The van der Waals surface area contributed by atoms with Gasteiger partial charge >= 0.3 is 0 Å². The van der Waals surface area contributed by atoms with E-state index in [1.165, 1.54) is 45.1 Å². The van der Waals surface area contributed by atoms with Crippen molar-refractivity contribution in [2.75, 3.05) is 52.3 Å². The topological polar surface area (TPSA) is 15.5 Å². The van der Waals surface area contributed by atoms with Crippen LogP contribution in [0.15, 0.2) is 95.4 Å². The third kappa shape index (κ3) is 6.63. The molecule has 240 valence electrons. The molecule has 0 spiro atoms. The van der Waals surface area contributed by atoms with Crippen molar-refractivity contribution in [2.45, 2.75) is 84.5 Å². The molecule has 1 aliphatic carbocycles. The molecule has 0 fully saturated rings. The average Bonchev–Trinajstić information content (AvgIpc) is 3.34. The summed E-state index contributed by atoms with van der Waals surface area (Å²) in [5.41, 5.74) is 10.8. The fourth-order valence-corrected chi connectivity index (χ4v) is 7.40. The first kappa shape index (κ1) is 33.0. The van der Waals surface area contributed by atoms with Crippen molar-refractivity contribution in [3.8, 4) is 0 Å². The van der Waals surface area contributed by atoms with Gasteiger partial charge in [0, 0.05) is 47.5 Å². The molecule has 4 nitrogen and oxygen atoms in total. The van der Waals surface area contributed by atoms with Crippen LogP contribution in [0, 0.1) is 0 Å². The number of allylic oxidation sites excluding steroid dienone is 7. The maximum atomic E-state index is 6.77. The fraction of sp³-hybridized carbons (Fsp3) is 0.488. The van der Waals surface area contributed by atoms with Crippen LogP contribution in [0.5, 0.6) is 0 Å². The highest BCUT2D eigenvalue weighted by atomic mass is 16.5. The lowest BCUT2D eigenvalue weighted by atomic mass is 9.81. The molecular weight excluding hydrogens is 550 g/mol. The van der Waals surface area contributed by atoms with Crippen molar-refractivity contribution < 1.29 is 13.8 Å². The molecule has 0 radical (unpaired) electrons. The molecule has 0 saturated heterocycles.